The van der Waals surface area contributed by atoms with E-state index >= 15 is 0 Å². The van der Waals surface area contributed by atoms with E-state index in [1.165, 1.54) is 12.8 Å². The van der Waals surface area contributed by atoms with Gasteiger partial charge in [0, 0.05) is 12.6 Å². The van der Waals surface area contributed by atoms with Gasteiger partial charge in [0.15, 0.2) is 0 Å². The number of hydrogen-bond donors (Lipinski definition) is 2. The molecule has 0 bridgehead atoms. The quantitative estimate of drug-likeness (QED) is 0.838. The predicted molar refractivity (Wildman–Crippen MR) is 80.7 cm³/mol. The van der Waals surface area contributed by atoms with Crippen LogP contribution in [0.3, 0.4) is 0 Å². The van der Waals surface area contributed by atoms with Crippen LogP contribution in [0.1, 0.15) is 44.6 Å². The first-order valence-corrected chi connectivity index (χ1v) is 8.82. The standard InChI is InChI=1S/C15H24N2O2S/c1-12-6-3-2-4-9-15(12)17-20(18,19)14-8-5-7-13(10-14)11-16/h5,7-8,10,12,15,17H,2-4,6,9,11,16H2,1H3. The lowest BCUT2D eigenvalue weighted by Crippen LogP contribution is -2.38. The molecule has 1 fully saturated rings. The number of hydrogen-bond acceptors (Lipinski definition) is 3. The van der Waals surface area contributed by atoms with E-state index in [1.54, 1.807) is 18.2 Å². The monoisotopic (exact) mass is 296 g/mol. The zero-order valence-corrected chi connectivity index (χ0v) is 12.8. The fourth-order valence-electron chi connectivity index (χ4n) is 2.78. The molecule has 0 heterocycles. The molecule has 1 aromatic carbocycles. The van der Waals surface area contributed by atoms with Gasteiger partial charge in [0.2, 0.25) is 10.0 Å². The summed E-state index contributed by atoms with van der Waals surface area (Å²) >= 11 is 0. The van der Waals surface area contributed by atoms with Gasteiger partial charge in [0.1, 0.15) is 0 Å². The van der Waals surface area contributed by atoms with Crippen molar-refractivity contribution < 1.29 is 8.42 Å². The van der Waals surface area contributed by atoms with Crippen LogP contribution in [0.2, 0.25) is 0 Å². The average molecular weight is 296 g/mol. The van der Waals surface area contributed by atoms with E-state index in [0.717, 1.165) is 24.8 Å². The fraction of sp³-hybridized carbons (Fsp3) is 0.600. The third-order valence-corrected chi connectivity index (χ3v) is 5.60. The van der Waals surface area contributed by atoms with Gasteiger partial charge in [-0.3, -0.25) is 0 Å². The number of nitrogens with one attached hydrogen (secondary N) is 1. The van der Waals surface area contributed by atoms with Gasteiger partial charge in [-0.1, -0.05) is 38.3 Å². The molecule has 0 spiro atoms. The number of benzene rings is 1. The van der Waals surface area contributed by atoms with Crippen LogP contribution < -0.4 is 10.5 Å². The number of rotatable bonds is 4. The van der Waals surface area contributed by atoms with Crippen LogP contribution in [0, 0.1) is 5.92 Å². The fourth-order valence-corrected chi connectivity index (χ4v) is 4.22. The summed E-state index contributed by atoms with van der Waals surface area (Å²) in [7, 11) is -3.45. The third-order valence-electron chi connectivity index (χ3n) is 4.11. The smallest absolute Gasteiger partial charge is 0.240 e. The normalized spacial score (nSPS) is 24.3. The zero-order chi connectivity index (χ0) is 14.6. The first-order chi connectivity index (χ1) is 9.53. The SMILES string of the molecule is CC1CCCCCC1NS(=O)(=O)c1cccc(CN)c1. The van der Waals surface area contributed by atoms with E-state index in [9.17, 15) is 8.42 Å². The van der Waals surface area contributed by atoms with Crippen LogP contribution >= 0.6 is 0 Å². The van der Waals surface area contributed by atoms with Gasteiger partial charge >= 0.3 is 0 Å². The molecule has 0 saturated heterocycles. The van der Waals surface area contributed by atoms with Gasteiger partial charge in [-0.05, 0) is 36.5 Å². The van der Waals surface area contributed by atoms with E-state index in [0.29, 0.717) is 17.4 Å². The predicted octanol–water partition coefficient (Wildman–Crippen LogP) is 2.39. The van der Waals surface area contributed by atoms with Crippen molar-refractivity contribution in [3.8, 4) is 0 Å². The van der Waals surface area contributed by atoms with Gasteiger partial charge in [-0.15, -0.1) is 0 Å². The van der Waals surface area contributed by atoms with E-state index in [2.05, 4.69) is 11.6 Å². The number of sulfonamides is 1. The molecule has 2 rings (SSSR count). The highest BCUT2D eigenvalue weighted by Crippen LogP contribution is 2.24. The maximum absolute atomic E-state index is 12.5. The minimum Gasteiger partial charge on any atom is -0.326 e. The summed E-state index contributed by atoms with van der Waals surface area (Å²) in [6, 6.07) is 6.91. The van der Waals surface area contributed by atoms with Crippen LogP contribution in [-0.2, 0) is 16.6 Å². The molecule has 0 amide bonds. The minimum atomic E-state index is -3.45. The van der Waals surface area contributed by atoms with Crippen molar-refractivity contribution in [2.24, 2.45) is 11.7 Å². The maximum Gasteiger partial charge on any atom is 0.240 e. The summed E-state index contributed by atoms with van der Waals surface area (Å²) in [6.07, 6.45) is 5.51. The van der Waals surface area contributed by atoms with Crippen molar-refractivity contribution in [2.45, 2.75) is 56.5 Å². The minimum absolute atomic E-state index is 0.0454. The Morgan fingerprint density at radius 2 is 2.00 bits per heavy atom. The molecule has 0 aliphatic heterocycles. The Kier molecular flexibility index (Phi) is 5.18. The van der Waals surface area contributed by atoms with Crippen molar-refractivity contribution in [1.29, 1.82) is 0 Å². The van der Waals surface area contributed by atoms with Crippen molar-refractivity contribution in [2.75, 3.05) is 0 Å². The van der Waals surface area contributed by atoms with Crippen molar-refractivity contribution >= 4 is 10.0 Å². The molecule has 112 valence electrons. The summed E-state index contributed by atoms with van der Waals surface area (Å²) in [5.41, 5.74) is 6.41. The summed E-state index contributed by atoms with van der Waals surface area (Å²) in [6.45, 7) is 2.48. The zero-order valence-electron chi connectivity index (χ0n) is 12.0. The molecule has 1 aliphatic carbocycles. The highest BCUT2D eigenvalue weighted by Gasteiger charge is 2.25. The van der Waals surface area contributed by atoms with Gasteiger partial charge in [-0.2, -0.15) is 0 Å². The van der Waals surface area contributed by atoms with E-state index in [-0.39, 0.29) is 6.04 Å². The average Bonchev–Trinajstić information content (AvgIpc) is 2.64. The Balaban J connectivity index is 2.17. The Hall–Kier alpha value is -0.910. The molecule has 1 aliphatic rings. The molecule has 2 unspecified atom stereocenters. The summed E-state index contributed by atoms with van der Waals surface area (Å²) in [5.74, 6) is 0.393. The van der Waals surface area contributed by atoms with Crippen molar-refractivity contribution in [1.82, 2.24) is 4.72 Å². The highest BCUT2D eigenvalue weighted by atomic mass is 32.2. The summed E-state index contributed by atoms with van der Waals surface area (Å²) in [4.78, 5) is 0.317. The highest BCUT2D eigenvalue weighted by molar-refractivity contribution is 7.89. The molecule has 20 heavy (non-hydrogen) atoms. The Labute approximate surface area is 121 Å². The Morgan fingerprint density at radius 3 is 2.75 bits per heavy atom. The largest absolute Gasteiger partial charge is 0.326 e. The molecule has 2 atom stereocenters. The Morgan fingerprint density at radius 1 is 1.25 bits per heavy atom. The molecule has 0 aromatic heterocycles. The van der Waals surface area contributed by atoms with Crippen LogP contribution in [0.5, 0.6) is 0 Å². The molecular formula is C15H24N2O2S. The lowest BCUT2D eigenvalue weighted by Gasteiger charge is -2.22. The van der Waals surface area contributed by atoms with Gasteiger partial charge in [0.05, 0.1) is 4.90 Å². The summed E-state index contributed by atoms with van der Waals surface area (Å²) in [5, 5.41) is 0. The second-order valence-corrected chi connectivity index (χ2v) is 7.41. The van der Waals surface area contributed by atoms with Crippen molar-refractivity contribution in [3.05, 3.63) is 29.8 Å². The van der Waals surface area contributed by atoms with Gasteiger partial charge < -0.3 is 5.73 Å². The molecule has 4 nitrogen and oxygen atoms in total. The molecule has 5 heteroatoms. The van der Waals surface area contributed by atoms with E-state index in [4.69, 9.17) is 5.73 Å². The van der Waals surface area contributed by atoms with Crippen LogP contribution in [0.25, 0.3) is 0 Å². The van der Waals surface area contributed by atoms with E-state index in [1.807, 2.05) is 6.07 Å². The second kappa shape index (κ2) is 6.70. The van der Waals surface area contributed by atoms with Gasteiger partial charge in [-0.25, -0.2) is 13.1 Å². The van der Waals surface area contributed by atoms with Crippen LogP contribution in [0.15, 0.2) is 29.2 Å². The van der Waals surface area contributed by atoms with Crippen LogP contribution in [0.4, 0.5) is 0 Å². The first kappa shape index (κ1) is 15.5. The topological polar surface area (TPSA) is 72.2 Å². The van der Waals surface area contributed by atoms with E-state index < -0.39 is 10.0 Å². The number of nitrogens with two attached hydrogens (primary N) is 1. The lowest BCUT2D eigenvalue weighted by molar-refractivity contribution is 0.399. The molecule has 1 aromatic rings. The first-order valence-electron chi connectivity index (χ1n) is 7.34. The molecular weight excluding hydrogens is 272 g/mol. The van der Waals surface area contributed by atoms with Crippen LogP contribution in [-0.4, -0.2) is 14.5 Å². The van der Waals surface area contributed by atoms with Crippen molar-refractivity contribution in [3.63, 3.8) is 0 Å². The molecule has 3 N–H and O–H groups in total. The second-order valence-electron chi connectivity index (χ2n) is 5.69. The van der Waals surface area contributed by atoms with Gasteiger partial charge in [0.25, 0.3) is 0 Å². The maximum atomic E-state index is 12.5. The lowest BCUT2D eigenvalue weighted by atomic mass is 9.98. The Bertz CT molecular complexity index is 543. The third kappa shape index (κ3) is 3.81. The molecule has 0 radical (unpaired) electrons. The summed E-state index contributed by atoms with van der Waals surface area (Å²) < 4.78 is 27.8. The molecule has 1 saturated carbocycles.